The Hall–Kier alpha value is -3.44. The van der Waals surface area contributed by atoms with Crippen molar-refractivity contribution < 1.29 is 45.4 Å². The van der Waals surface area contributed by atoms with Crippen molar-refractivity contribution in [3.63, 3.8) is 0 Å². The van der Waals surface area contributed by atoms with Gasteiger partial charge < -0.3 is 19.7 Å². The molecule has 6 nitrogen and oxygen atoms in total. The summed E-state index contributed by atoms with van der Waals surface area (Å²) in [4.78, 5) is 24.3. The molecule has 0 saturated heterocycles. The standard InChI is InChI=1S/C21H18F6N2O4/c1-32-15-9-11-7-8-29(19(31)21(25,26)27)17(13(11)10-16(15)33-2)12-5-3-4-6-14(12)28-18(30)20(22,23)24/h3-6,9-10,17H,7-8H2,1-2H3,(H,28,30). The highest BCUT2D eigenvalue weighted by Crippen LogP contribution is 2.44. The predicted octanol–water partition coefficient (Wildman–Crippen LogP) is 4.24. The average molecular weight is 476 g/mol. The number of halogens is 6. The fourth-order valence-corrected chi connectivity index (χ4v) is 3.71. The number of nitrogens with zero attached hydrogens (tertiary/aromatic N) is 1. The number of hydrogen-bond donors (Lipinski definition) is 1. The zero-order chi connectivity index (χ0) is 24.6. The number of amides is 2. The Kier molecular flexibility index (Phi) is 6.48. The number of hydrogen-bond acceptors (Lipinski definition) is 4. The van der Waals surface area contributed by atoms with Crippen LogP contribution < -0.4 is 14.8 Å². The minimum atomic E-state index is -5.23. The third-order valence-corrected chi connectivity index (χ3v) is 5.14. The molecule has 1 N–H and O–H groups in total. The van der Waals surface area contributed by atoms with Gasteiger partial charge in [0.1, 0.15) is 0 Å². The molecule has 2 amide bonds. The van der Waals surface area contributed by atoms with Gasteiger partial charge in [0.05, 0.1) is 20.3 Å². The molecule has 3 rings (SSSR count). The van der Waals surface area contributed by atoms with E-state index in [9.17, 15) is 35.9 Å². The van der Waals surface area contributed by atoms with Crippen LogP contribution >= 0.6 is 0 Å². The van der Waals surface area contributed by atoms with E-state index in [0.29, 0.717) is 16.2 Å². The minimum Gasteiger partial charge on any atom is -0.493 e. The van der Waals surface area contributed by atoms with Gasteiger partial charge in [0, 0.05) is 17.8 Å². The van der Waals surface area contributed by atoms with Crippen molar-refractivity contribution in [2.24, 2.45) is 0 Å². The Morgan fingerprint density at radius 3 is 2.12 bits per heavy atom. The van der Waals surface area contributed by atoms with Crippen molar-refractivity contribution in [1.82, 2.24) is 4.90 Å². The van der Waals surface area contributed by atoms with Crippen LogP contribution in [0.2, 0.25) is 0 Å². The van der Waals surface area contributed by atoms with Crippen molar-refractivity contribution in [2.45, 2.75) is 24.8 Å². The molecule has 0 aliphatic carbocycles. The molecule has 0 spiro atoms. The number of ether oxygens (including phenoxy) is 2. The summed E-state index contributed by atoms with van der Waals surface area (Å²) in [6.45, 7) is -0.368. The van der Waals surface area contributed by atoms with E-state index >= 15 is 0 Å². The lowest BCUT2D eigenvalue weighted by Crippen LogP contribution is -2.47. The van der Waals surface area contributed by atoms with Crippen LogP contribution in [0.3, 0.4) is 0 Å². The van der Waals surface area contributed by atoms with E-state index in [1.165, 1.54) is 44.6 Å². The quantitative estimate of drug-likeness (QED) is 0.671. The monoisotopic (exact) mass is 476 g/mol. The lowest BCUT2D eigenvalue weighted by Gasteiger charge is -2.39. The Bertz CT molecular complexity index is 1070. The van der Waals surface area contributed by atoms with Gasteiger partial charge in [-0.3, -0.25) is 9.59 Å². The molecule has 1 heterocycles. The van der Waals surface area contributed by atoms with E-state index < -0.39 is 30.2 Å². The van der Waals surface area contributed by atoms with Crippen LogP contribution in [0.4, 0.5) is 32.0 Å². The van der Waals surface area contributed by atoms with Gasteiger partial charge in [0.25, 0.3) is 0 Å². The van der Waals surface area contributed by atoms with Gasteiger partial charge in [0.15, 0.2) is 11.5 Å². The molecule has 0 bridgehead atoms. The van der Waals surface area contributed by atoms with Crippen molar-refractivity contribution in [2.75, 3.05) is 26.1 Å². The topological polar surface area (TPSA) is 67.9 Å². The summed E-state index contributed by atoms with van der Waals surface area (Å²) in [5.41, 5.74) is 0.208. The van der Waals surface area contributed by atoms with Crippen molar-refractivity contribution in [3.05, 3.63) is 53.1 Å². The second-order valence-corrected chi connectivity index (χ2v) is 7.09. The van der Waals surface area contributed by atoms with Gasteiger partial charge in [-0.15, -0.1) is 0 Å². The summed E-state index contributed by atoms with van der Waals surface area (Å²) in [7, 11) is 2.67. The number of methoxy groups -OCH3 is 2. The summed E-state index contributed by atoms with van der Waals surface area (Å²) in [5, 5.41) is 1.69. The number of para-hydroxylation sites is 1. The molecule has 12 heteroatoms. The molecule has 0 saturated carbocycles. The maximum absolute atomic E-state index is 13.4. The van der Waals surface area contributed by atoms with Gasteiger partial charge in [-0.1, -0.05) is 18.2 Å². The van der Waals surface area contributed by atoms with Gasteiger partial charge >= 0.3 is 24.2 Å². The predicted molar refractivity (Wildman–Crippen MR) is 104 cm³/mol. The highest BCUT2D eigenvalue weighted by Gasteiger charge is 2.47. The number of anilines is 1. The lowest BCUT2D eigenvalue weighted by molar-refractivity contribution is -0.187. The van der Waals surface area contributed by atoms with Crippen LogP contribution in [0.5, 0.6) is 11.5 Å². The summed E-state index contributed by atoms with van der Waals surface area (Å²) in [6.07, 6.45) is -10.4. The second-order valence-electron chi connectivity index (χ2n) is 7.09. The van der Waals surface area contributed by atoms with Gasteiger partial charge in [-0.05, 0) is 35.7 Å². The number of carbonyl (C=O) groups excluding carboxylic acids is 2. The molecule has 1 atom stereocenters. The Morgan fingerprint density at radius 1 is 0.939 bits per heavy atom. The summed E-state index contributed by atoms with van der Waals surface area (Å²) in [6, 6.07) is 6.51. The zero-order valence-corrected chi connectivity index (χ0v) is 17.3. The van der Waals surface area contributed by atoms with E-state index in [2.05, 4.69) is 0 Å². The molecule has 0 fully saturated rings. The zero-order valence-electron chi connectivity index (χ0n) is 17.3. The summed E-state index contributed by atoms with van der Waals surface area (Å²) < 4.78 is 89.1. The molecule has 0 radical (unpaired) electrons. The first kappa shape index (κ1) is 24.2. The molecule has 178 valence electrons. The van der Waals surface area contributed by atoms with Crippen LogP contribution in [0.1, 0.15) is 22.7 Å². The molecular formula is C21H18F6N2O4. The van der Waals surface area contributed by atoms with Gasteiger partial charge in [0.2, 0.25) is 0 Å². The van der Waals surface area contributed by atoms with Crippen molar-refractivity contribution in [3.8, 4) is 11.5 Å². The number of nitrogens with one attached hydrogen (secondary N) is 1. The molecule has 1 aliphatic rings. The molecule has 2 aromatic carbocycles. The van der Waals surface area contributed by atoms with Gasteiger partial charge in [-0.25, -0.2) is 0 Å². The number of carbonyl (C=O) groups is 2. The van der Waals surface area contributed by atoms with Gasteiger partial charge in [-0.2, -0.15) is 26.3 Å². The van der Waals surface area contributed by atoms with Crippen LogP contribution in [-0.4, -0.2) is 49.8 Å². The normalized spacial score (nSPS) is 16.1. The van der Waals surface area contributed by atoms with Crippen LogP contribution in [0.25, 0.3) is 0 Å². The van der Waals surface area contributed by atoms with Crippen LogP contribution in [-0.2, 0) is 16.0 Å². The smallest absolute Gasteiger partial charge is 0.471 e. The van der Waals surface area contributed by atoms with E-state index in [1.54, 1.807) is 5.32 Å². The molecule has 1 aliphatic heterocycles. The van der Waals surface area contributed by atoms with Crippen molar-refractivity contribution >= 4 is 17.5 Å². The maximum atomic E-state index is 13.4. The number of benzene rings is 2. The molecule has 1 unspecified atom stereocenters. The van der Waals surface area contributed by atoms with Crippen LogP contribution in [0, 0.1) is 0 Å². The Labute approximate surface area is 184 Å². The highest BCUT2D eigenvalue weighted by molar-refractivity contribution is 5.96. The maximum Gasteiger partial charge on any atom is 0.471 e. The third-order valence-electron chi connectivity index (χ3n) is 5.14. The highest BCUT2D eigenvalue weighted by atomic mass is 19.4. The minimum absolute atomic E-state index is 0.0328. The summed E-state index contributed by atoms with van der Waals surface area (Å²) in [5.74, 6) is -4.01. The van der Waals surface area contributed by atoms with Crippen LogP contribution in [0.15, 0.2) is 36.4 Å². The Morgan fingerprint density at radius 2 is 1.55 bits per heavy atom. The van der Waals surface area contributed by atoms with E-state index in [1.807, 2.05) is 0 Å². The molecular weight excluding hydrogens is 458 g/mol. The first-order valence-electron chi connectivity index (χ1n) is 9.48. The second kappa shape index (κ2) is 8.83. The van der Waals surface area contributed by atoms with E-state index in [-0.39, 0.29) is 35.5 Å². The molecule has 33 heavy (non-hydrogen) atoms. The van der Waals surface area contributed by atoms with E-state index in [4.69, 9.17) is 9.47 Å². The summed E-state index contributed by atoms with van der Waals surface area (Å²) >= 11 is 0. The van der Waals surface area contributed by atoms with Crippen molar-refractivity contribution in [1.29, 1.82) is 0 Å². The Balaban J connectivity index is 2.22. The first-order chi connectivity index (χ1) is 15.4. The fourth-order valence-electron chi connectivity index (χ4n) is 3.71. The fraction of sp³-hybridized carbons (Fsp3) is 0.333. The first-order valence-corrected chi connectivity index (χ1v) is 9.48. The van der Waals surface area contributed by atoms with E-state index in [0.717, 1.165) is 6.07 Å². The number of rotatable bonds is 4. The number of fused-ring (bicyclic) bond motifs is 1. The lowest BCUT2D eigenvalue weighted by atomic mass is 9.86. The molecule has 2 aromatic rings. The number of alkyl halides is 6. The average Bonchev–Trinajstić information content (AvgIpc) is 2.76. The third kappa shape index (κ3) is 4.83. The molecule has 0 aromatic heterocycles. The SMILES string of the molecule is COc1cc2c(cc1OC)C(c1ccccc1NC(=O)C(F)(F)F)N(C(=O)C(F)(F)F)CC2. The largest absolute Gasteiger partial charge is 0.493 e.